The molecule has 1 heterocycles. The van der Waals surface area contributed by atoms with Gasteiger partial charge in [-0.15, -0.1) is 0 Å². The van der Waals surface area contributed by atoms with E-state index in [-0.39, 0.29) is 6.04 Å². The Morgan fingerprint density at radius 2 is 2.33 bits per heavy atom. The molecular formula is C5H10N2OS. The lowest BCUT2D eigenvalue weighted by Gasteiger charge is -2.27. The molecule has 3 N–H and O–H groups in total. The van der Waals surface area contributed by atoms with E-state index in [4.69, 9.17) is 17.3 Å². The van der Waals surface area contributed by atoms with E-state index in [1.54, 1.807) is 0 Å². The first kappa shape index (κ1) is 6.77. The minimum absolute atomic E-state index is 0.286. The number of nitrogens with one attached hydrogen (secondary N) is 2. The Morgan fingerprint density at radius 1 is 1.67 bits per heavy atom. The van der Waals surface area contributed by atoms with Crippen LogP contribution in [0.5, 0.6) is 0 Å². The van der Waals surface area contributed by atoms with Crippen LogP contribution in [0.15, 0.2) is 0 Å². The van der Waals surface area contributed by atoms with E-state index in [1.807, 2.05) is 6.92 Å². The van der Waals surface area contributed by atoms with E-state index < -0.39 is 6.23 Å². The van der Waals surface area contributed by atoms with Crippen LogP contribution in [-0.2, 0) is 0 Å². The molecule has 9 heavy (non-hydrogen) atoms. The molecule has 0 aliphatic carbocycles. The Kier molecular flexibility index (Phi) is 1.87. The lowest BCUT2D eigenvalue weighted by atomic mass is 10.2. The summed E-state index contributed by atoms with van der Waals surface area (Å²) < 4.78 is 0. The highest BCUT2D eigenvalue weighted by atomic mass is 32.1. The Morgan fingerprint density at radius 3 is 2.78 bits per heavy atom. The standard InChI is InChI=1S/C5H10N2OS/c1-3-2-4(8)7-5(9)6-3/h3-4,8H,2H2,1H3,(H2,6,7,9)/t3-,4-/m0/s1. The van der Waals surface area contributed by atoms with E-state index in [2.05, 4.69) is 10.6 Å². The third kappa shape index (κ3) is 1.80. The molecule has 4 heteroatoms. The maximum atomic E-state index is 9.01. The molecule has 0 amide bonds. The van der Waals surface area contributed by atoms with Gasteiger partial charge < -0.3 is 15.7 Å². The fourth-order valence-electron chi connectivity index (χ4n) is 0.870. The minimum Gasteiger partial charge on any atom is -0.374 e. The van der Waals surface area contributed by atoms with Crippen LogP contribution < -0.4 is 10.6 Å². The number of hydrogen-bond acceptors (Lipinski definition) is 2. The first-order valence-electron chi connectivity index (χ1n) is 2.93. The number of rotatable bonds is 0. The summed E-state index contributed by atoms with van der Waals surface area (Å²) in [4.78, 5) is 0. The van der Waals surface area contributed by atoms with Gasteiger partial charge in [0.05, 0.1) is 0 Å². The largest absolute Gasteiger partial charge is 0.374 e. The maximum Gasteiger partial charge on any atom is 0.168 e. The summed E-state index contributed by atoms with van der Waals surface area (Å²) >= 11 is 4.78. The molecule has 3 nitrogen and oxygen atoms in total. The number of aliphatic hydroxyl groups is 1. The molecule has 1 rings (SSSR count). The number of hydrogen-bond donors (Lipinski definition) is 3. The molecular weight excluding hydrogens is 136 g/mol. The Hall–Kier alpha value is -0.350. The van der Waals surface area contributed by atoms with Crippen LogP contribution in [0.2, 0.25) is 0 Å². The summed E-state index contributed by atoms with van der Waals surface area (Å²) in [5.74, 6) is 0. The van der Waals surface area contributed by atoms with Gasteiger partial charge in [0.15, 0.2) is 5.11 Å². The van der Waals surface area contributed by atoms with Crippen molar-refractivity contribution in [3.05, 3.63) is 0 Å². The molecule has 1 fully saturated rings. The van der Waals surface area contributed by atoms with Crippen molar-refractivity contribution in [2.24, 2.45) is 0 Å². The average Bonchev–Trinajstić information content (AvgIpc) is 1.59. The first-order chi connectivity index (χ1) is 4.18. The van der Waals surface area contributed by atoms with Gasteiger partial charge in [-0.2, -0.15) is 0 Å². The summed E-state index contributed by atoms with van der Waals surface area (Å²) in [5, 5.41) is 15.2. The highest BCUT2D eigenvalue weighted by Gasteiger charge is 2.17. The predicted octanol–water partition coefficient (Wildman–Crippen LogP) is -0.439. The second-order valence-corrected chi connectivity index (χ2v) is 2.68. The molecule has 1 aliphatic heterocycles. The van der Waals surface area contributed by atoms with Crippen LogP contribution >= 0.6 is 12.2 Å². The van der Waals surface area contributed by atoms with Crippen molar-refractivity contribution in [3.63, 3.8) is 0 Å². The van der Waals surface area contributed by atoms with Crippen LogP contribution in [0.3, 0.4) is 0 Å². The minimum atomic E-state index is -0.464. The van der Waals surface area contributed by atoms with Gasteiger partial charge in [0.1, 0.15) is 6.23 Å². The third-order valence-electron chi connectivity index (χ3n) is 1.25. The molecule has 1 saturated heterocycles. The van der Waals surface area contributed by atoms with Crippen molar-refractivity contribution < 1.29 is 5.11 Å². The molecule has 0 aromatic rings. The topological polar surface area (TPSA) is 44.3 Å². The molecule has 0 spiro atoms. The van der Waals surface area contributed by atoms with Crippen molar-refractivity contribution in [2.45, 2.75) is 25.6 Å². The van der Waals surface area contributed by atoms with Crippen molar-refractivity contribution in [1.82, 2.24) is 10.6 Å². The lowest BCUT2D eigenvalue weighted by Crippen LogP contribution is -2.53. The van der Waals surface area contributed by atoms with Crippen LogP contribution in [0.4, 0.5) is 0 Å². The Bertz CT molecular complexity index is 116. The zero-order valence-electron chi connectivity index (χ0n) is 5.22. The molecule has 0 bridgehead atoms. The van der Waals surface area contributed by atoms with E-state index >= 15 is 0 Å². The highest BCUT2D eigenvalue weighted by Crippen LogP contribution is 1.99. The summed E-state index contributed by atoms with van der Waals surface area (Å²) in [6.45, 7) is 1.98. The zero-order valence-corrected chi connectivity index (χ0v) is 6.03. The fraction of sp³-hybridized carbons (Fsp3) is 0.800. The number of thiocarbonyl (C=S) groups is 1. The summed E-state index contributed by atoms with van der Waals surface area (Å²) in [6.07, 6.45) is 0.244. The van der Waals surface area contributed by atoms with Crippen LogP contribution in [0, 0.1) is 0 Å². The Labute approximate surface area is 59.4 Å². The molecule has 0 aromatic heterocycles. The van der Waals surface area contributed by atoms with Gasteiger partial charge in [-0.05, 0) is 19.1 Å². The lowest BCUT2D eigenvalue weighted by molar-refractivity contribution is 0.129. The molecule has 0 aromatic carbocycles. The zero-order chi connectivity index (χ0) is 6.85. The van der Waals surface area contributed by atoms with Crippen molar-refractivity contribution in [2.75, 3.05) is 0 Å². The van der Waals surface area contributed by atoms with Gasteiger partial charge in [0.2, 0.25) is 0 Å². The summed E-state index contributed by atoms with van der Waals surface area (Å²) in [6, 6.07) is 0.286. The molecule has 2 atom stereocenters. The smallest absolute Gasteiger partial charge is 0.168 e. The van der Waals surface area contributed by atoms with Crippen LogP contribution in [-0.4, -0.2) is 22.5 Å². The van der Waals surface area contributed by atoms with E-state index in [0.717, 1.165) is 0 Å². The van der Waals surface area contributed by atoms with E-state index in [9.17, 15) is 0 Å². The predicted molar refractivity (Wildman–Crippen MR) is 39.0 cm³/mol. The second-order valence-electron chi connectivity index (χ2n) is 2.27. The summed E-state index contributed by atoms with van der Waals surface area (Å²) in [5.41, 5.74) is 0. The van der Waals surface area contributed by atoms with E-state index in [0.29, 0.717) is 11.5 Å². The van der Waals surface area contributed by atoms with Gasteiger partial charge in [-0.3, -0.25) is 0 Å². The molecule has 0 saturated carbocycles. The van der Waals surface area contributed by atoms with E-state index in [1.165, 1.54) is 0 Å². The van der Waals surface area contributed by atoms with Crippen molar-refractivity contribution in [3.8, 4) is 0 Å². The number of aliphatic hydroxyl groups excluding tert-OH is 1. The molecule has 0 unspecified atom stereocenters. The molecule has 52 valence electrons. The van der Waals surface area contributed by atoms with Gasteiger partial charge >= 0.3 is 0 Å². The monoisotopic (exact) mass is 146 g/mol. The van der Waals surface area contributed by atoms with Gasteiger partial charge in [-0.25, -0.2) is 0 Å². The molecule has 1 aliphatic rings. The highest BCUT2D eigenvalue weighted by molar-refractivity contribution is 7.80. The molecule has 0 radical (unpaired) electrons. The van der Waals surface area contributed by atoms with Gasteiger partial charge in [0, 0.05) is 12.5 Å². The Balaban J connectivity index is 2.43. The summed E-state index contributed by atoms with van der Waals surface area (Å²) in [7, 11) is 0. The van der Waals surface area contributed by atoms with Crippen LogP contribution in [0.1, 0.15) is 13.3 Å². The average molecular weight is 146 g/mol. The van der Waals surface area contributed by atoms with Crippen molar-refractivity contribution >= 4 is 17.3 Å². The van der Waals surface area contributed by atoms with Gasteiger partial charge in [-0.1, -0.05) is 0 Å². The third-order valence-corrected chi connectivity index (χ3v) is 1.49. The quantitative estimate of drug-likeness (QED) is 0.405. The fourth-order valence-corrected chi connectivity index (χ4v) is 1.21. The van der Waals surface area contributed by atoms with Crippen molar-refractivity contribution in [1.29, 1.82) is 0 Å². The maximum absolute atomic E-state index is 9.01. The second kappa shape index (κ2) is 2.49. The SMILES string of the molecule is C[C@H]1C[C@H](O)NC(=S)N1. The van der Waals surface area contributed by atoms with Gasteiger partial charge in [0.25, 0.3) is 0 Å². The van der Waals surface area contributed by atoms with Crippen LogP contribution in [0.25, 0.3) is 0 Å². The normalized spacial score (nSPS) is 35.1. The first-order valence-corrected chi connectivity index (χ1v) is 3.34.